The fraction of sp³-hybridized carbons (Fsp3) is 0.318. The molecular formula is C22H22BrNO3. The van der Waals surface area contributed by atoms with Gasteiger partial charge in [-0.15, -0.1) is 0 Å². The summed E-state index contributed by atoms with van der Waals surface area (Å²) < 4.78 is 8.82. The van der Waals surface area contributed by atoms with E-state index in [9.17, 15) is 9.90 Å². The van der Waals surface area contributed by atoms with E-state index in [2.05, 4.69) is 63.8 Å². The van der Waals surface area contributed by atoms with Crippen LogP contribution in [0, 0.1) is 18.8 Å². The minimum atomic E-state index is -0.672. The Kier molecular flexibility index (Phi) is 4.72. The van der Waals surface area contributed by atoms with Crippen LogP contribution in [0.4, 0.5) is 0 Å². The highest BCUT2D eigenvalue weighted by molar-refractivity contribution is 9.10. The molecule has 1 aliphatic carbocycles. The molecule has 0 bridgehead atoms. The number of hydrogen-bond donors (Lipinski definition) is 1. The molecule has 0 amide bonds. The standard InChI is InChI=1S/C22H22BrNO3/c1-13-18(9-15-10-19(15)22(25)26)20-11-17(27-2)7-8-21(20)24(13)12-14-3-5-16(23)6-4-14/h3-8,11,15,19H,9-10,12H2,1-2H3,(H,25,26)/t15-,19-/m1/s1. The molecule has 0 radical (unpaired) electrons. The van der Waals surface area contributed by atoms with E-state index in [1.54, 1.807) is 7.11 Å². The number of methoxy groups -OCH3 is 1. The zero-order chi connectivity index (χ0) is 19.1. The van der Waals surface area contributed by atoms with Crippen molar-refractivity contribution in [3.05, 3.63) is 63.8 Å². The fourth-order valence-corrected chi connectivity index (χ4v) is 4.19. The first-order valence-electron chi connectivity index (χ1n) is 9.11. The van der Waals surface area contributed by atoms with Gasteiger partial charge in [0.1, 0.15) is 5.75 Å². The molecule has 2 aromatic carbocycles. The normalized spacial score (nSPS) is 18.6. The van der Waals surface area contributed by atoms with Gasteiger partial charge in [0.2, 0.25) is 0 Å². The zero-order valence-electron chi connectivity index (χ0n) is 15.4. The van der Waals surface area contributed by atoms with Crippen LogP contribution in [-0.4, -0.2) is 22.8 Å². The van der Waals surface area contributed by atoms with Crippen LogP contribution in [-0.2, 0) is 17.8 Å². The number of carboxylic acid groups (broad SMARTS) is 1. The number of nitrogens with zero attached hydrogens (tertiary/aromatic N) is 1. The second kappa shape index (κ2) is 7.04. The molecule has 1 aromatic heterocycles. The van der Waals surface area contributed by atoms with Crippen molar-refractivity contribution in [1.82, 2.24) is 4.57 Å². The van der Waals surface area contributed by atoms with E-state index < -0.39 is 5.97 Å². The fourth-order valence-electron chi connectivity index (χ4n) is 3.93. The summed E-state index contributed by atoms with van der Waals surface area (Å²) in [5.41, 5.74) is 4.85. The van der Waals surface area contributed by atoms with Crippen LogP contribution in [0.2, 0.25) is 0 Å². The predicted octanol–water partition coefficient (Wildman–Crippen LogP) is 5.03. The maximum Gasteiger partial charge on any atom is 0.306 e. The predicted molar refractivity (Wildman–Crippen MR) is 109 cm³/mol. The van der Waals surface area contributed by atoms with Gasteiger partial charge in [-0.1, -0.05) is 28.1 Å². The summed E-state index contributed by atoms with van der Waals surface area (Å²) in [5, 5.41) is 10.4. The average molecular weight is 428 g/mol. The Morgan fingerprint density at radius 3 is 2.63 bits per heavy atom. The lowest BCUT2D eigenvalue weighted by molar-refractivity contribution is -0.138. The van der Waals surface area contributed by atoms with Crippen LogP contribution in [0.15, 0.2) is 46.9 Å². The van der Waals surface area contributed by atoms with Gasteiger partial charge in [-0.25, -0.2) is 0 Å². The van der Waals surface area contributed by atoms with Crippen molar-refractivity contribution in [2.75, 3.05) is 7.11 Å². The Balaban J connectivity index is 1.75. The number of benzene rings is 2. The molecular weight excluding hydrogens is 406 g/mol. The SMILES string of the molecule is COc1ccc2c(c1)c(C[C@@H]1C[C@H]1C(=O)O)c(C)n2Cc1ccc(Br)cc1. The monoisotopic (exact) mass is 427 g/mol. The Labute approximate surface area is 166 Å². The van der Waals surface area contributed by atoms with E-state index in [-0.39, 0.29) is 11.8 Å². The van der Waals surface area contributed by atoms with E-state index in [4.69, 9.17) is 4.74 Å². The number of aliphatic carboxylic acids is 1. The average Bonchev–Trinajstić information content (AvgIpc) is 3.40. The Bertz CT molecular complexity index is 1010. The molecule has 140 valence electrons. The Morgan fingerprint density at radius 2 is 2.00 bits per heavy atom. The molecule has 1 aliphatic rings. The van der Waals surface area contributed by atoms with Crippen molar-refractivity contribution in [1.29, 1.82) is 0 Å². The number of rotatable bonds is 6. The first-order chi connectivity index (χ1) is 13.0. The number of carbonyl (C=O) groups is 1. The molecule has 4 rings (SSSR count). The lowest BCUT2D eigenvalue weighted by atomic mass is 10.0. The first-order valence-corrected chi connectivity index (χ1v) is 9.90. The van der Waals surface area contributed by atoms with Gasteiger partial charge >= 0.3 is 5.97 Å². The van der Waals surface area contributed by atoms with Gasteiger partial charge in [0, 0.05) is 27.6 Å². The van der Waals surface area contributed by atoms with Crippen LogP contribution in [0.25, 0.3) is 10.9 Å². The van der Waals surface area contributed by atoms with Crippen molar-refractivity contribution in [2.45, 2.75) is 26.3 Å². The molecule has 1 saturated carbocycles. The minimum absolute atomic E-state index is 0.195. The highest BCUT2D eigenvalue weighted by atomic mass is 79.9. The minimum Gasteiger partial charge on any atom is -0.497 e. The zero-order valence-corrected chi connectivity index (χ0v) is 17.0. The van der Waals surface area contributed by atoms with Crippen LogP contribution < -0.4 is 4.74 Å². The maximum atomic E-state index is 11.3. The largest absolute Gasteiger partial charge is 0.497 e. The van der Waals surface area contributed by atoms with E-state index >= 15 is 0 Å². The molecule has 0 spiro atoms. The van der Waals surface area contributed by atoms with E-state index in [0.29, 0.717) is 0 Å². The molecule has 1 N–H and O–H groups in total. The molecule has 2 atom stereocenters. The van der Waals surface area contributed by atoms with Gasteiger partial charge in [-0.2, -0.15) is 0 Å². The quantitative estimate of drug-likeness (QED) is 0.599. The molecule has 5 heteroatoms. The topological polar surface area (TPSA) is 51.5 Å². The number of halogens is 1. The van der Waals surface area contributed by atoms with Crippen molar-refractivity contribution < 1.29 is 14.6 Å². The lowest BCUT2D eigenvalue weighted by Gasteiger charge is -2.10. The van der Waals surface area contributed by atoms with Gasteiger partial charge in [0.05, 0.1) is 13.0 Å². The van der Waals surface area contributed by atoms with Gasteiger partial charge in [0.15, 0.2) is 0 Å². The molecule has 3 aromatic rings. The summed E-state index contributed by atoms with van der Waals surface area (Å²) in [4.78, 5) is 11.3. The number of aromatic nitrogens is 1. The maximum absolute atomic E-state index is 11.3. The number of fused-ring (bicyclic) bond motifs is 1. The van der Waals surface area contributed by atoms with Crippen molar-refractivity contribution >= 4 is 32.8 Å². The molecule has 0 aliphatic heterocycles. The molecule has 4 nitrogen and oxygen atoms in total. The third-order valence-electron chi connectivity index (χ3n) is 5.62. The van der Waals surface area contributed by atoms with Crippen molar-refractivity contribution in [2.24, 2.45) is 11.8 Å². The molecule has 27 heavy (non-hydrogen) atoms. The lowest BCUT2D eigenvalue weighted by Crippen LogP contribution is -2.04. The summed E-state index contributed by atoms with van der Waals surface area (Å²) in [6.07, 6.45) is 1.58. The van der Waals surface area contributed by atoms with Gasteiger partial charge in [-0.05, 0) is 67.1 Å². The van der Waals surface area contributed by atoms with E-state index in [1.165, 1.54) is 27.7 Å². The smallest absolute Gasteiger partial charge is 0.306 e. The summed E-state index contributed by atoms with van der Waals surface area (Å²) in [6.45, 7) is 2.92. The first kappa shape index (κ1) is 18.1. The van der Waals surface area contributed by atoms with Crippen LogP contribution in [0.1, 0.15) is 23.2 Å². The van der Waals surface area contributed by atoms with Crippen LogP contribution in [0.3, 0.4) is 0 Å². The van der Waals surface area contributed by atoms with Crippen LogP contribution in [0.5, 0.6) is 5.75 Å². The number of carboxylic acids is 1. The molecule has 0 unspecified atom stereocenters. The summed E-state index contributed by atoms with van der Waals surface area (Å²) in [7, 11) is 1.67. The second-order valence-electron chi connectivity index (χ2n) is 7.30. The Hall–Kier alpha value is -2.27. The number of hydrogen-bond acceptors (Lipinski definition) is 2. The Morgan fingerprint density at radius 1 is 1.26 bits per heavy atom. The number of ether oxygens (including phenoxy) is 1. The summed E-state index contributed by atoms with van der Waals surface area (Å²) in [6, 6.07) is 14.5. The summed E-state index contributed by atoms with van der Waals surface area (Å²) >= 11 is 3.49. The van der Waals surface area contributed by atoms with Gasteiger partial charge < -0.3 is 14.4 Å². The highest BCUT2D eigenvalue weighted by Crippen LogP contribution is 2.43. The van der Waals surface area contributed by atoms with Crippen molar-refractivity contribution in [3.63, 3.8) is 0 Å². The van der Waals surface area contributed by atoms with Gasteiger partial charge in [0.25, 0.3) is 0 Å². The second-order valence-corrected chi connectivity index (χ2v) is 8.22. The van der Waals surface area contributed by atoms with E-state index in [1.807, 2.05) is 6.07 Å². The molecule has 1 heterocycles. The summed E-state index contributed by atoms with van der Waals surface area (Å²) in [5.74, 6) is 0.197. The van der Waals surface area contributed by atoms with Crippen molar-refractivity contribution in [3.8, 4) is 5.75 Å². The van der Waals surface area contributed by atoms with Gasteiger partial charge in [-0.3, -0.25) is 4.79 Å². The highest BCUT2D eigenvalue weighted by Gasteiger charge is 2.43. The molecule has 1 fully saturated rings. The third-order valence-corrected chi connectivity index (χ3v) is 6.15. The van der Waals surface area contributed by atoms with E-state index in [0.717, 1.165) is 29.6 Å². The van der Waals surface area contributed by atoms with Crippen LogP contribution >= 0.6 is 15.9 Å². The molecule has 0 saturated heterocycles. The third kappa shape index (κ3) is 3.48.